The molecular formula is C54H86Cl3N7O22. The Morgan fingerprint density at radius 2 is 0.640 bits per heavy atom. The summed E-state index contributed by atoms with van der Waals surface area (Å²) in [5, 5.41) is 23.7. The fourth-order valence-corrected chi connectivity index (χ4v) is 7.30. The van der Waals surface area contributed by atoms with Crippen LogP contribution in [0.4, 0.5) is 4.79 Å². The molecule has 0 saturated carbocycles. The molecule has 0 fully saturated rings. The lowest BCUT2D eigenvalue weighted by Gasteiger charge is -2.29. The van der Waals surface area contributed by atoms with Gasteiger partial charge in [-0.05, 0) is 63.2 Å². The number of aliphatic carboxylic acids is 1. The third-order valence-corrected chi connectivity index (χ3v) is 12.6. The zero-order valence-electron chi connectivity index (χ0n) is 51.6. The molecule has 0 aromatic carbocycles. The van der Waals surface area contributed by atoms with E-state index in [-0.39, 0.29) is 0 Å². The van der Waals surface area contributed by atoms with Gasteiger partial charge in [-0.15, -0.1) is 0 Å². The number of alkyl halides is 3. The van der Waals surface area contributed by atoms with Crippen LogP contribution in [0.1, 0.15) is 131 Å². The number of primary amides is 1. The average molecular weight is 1290 g/mol. The highest BCUT2D eigenvalue weighted by atomic mass is 35.6. The first-order valence-corrected chi connectivity index (χ1v) is 28.7. The van der Waals surface area contributed by atoms with E-state index in [1.165, 1.54) is 55.4 Å². The first kappa shape index (κ1) is 79.2. The van der Waals surface area contributed by atoms with Crippen LogP contribution in [0.25, 0.3) is 0 Å². The van der Waals surface area contributed by atoms with E-state index in [9.17, 15) is 72.2 Å². The number of carbonyl (C=O) groups is 14. The number of hydrogen-bond donors (Lipinski definition) is 8. The highest BCUT2D eigenvalue weighted by Gasteiger charge is 2.40. The summed E-state index contributed by atoms with van der Waals surface area (Å²) in [6.45, 7) is 25.3. The molecule has 490 valence electrons. The monoisotopic (exact) mass is 1290 g/mol. The Morgan fingerprint density at radius 3 is 0.907 bits per heavy atom. The lowest BCUT2D eigenvalue weighted by molar-refractivity contribution is -0.170. The first-order chi connectivity index (χ1) is 39.3. The van der Waals surface area contributed by atoms with Crippen molar-refractivity contribution in [3.8, 4) is 0 Å². The van der Waals surface area contributed by atoms with E-state index < -0.39 is 214 Å². The number of nitrogens with one attached hydrogen (secondary N) is 6. The summed E-state index contributed by atoms with van der Waals surface area (Å²) in [5.41, 5.74) is 5.16. The molecule has 32 heteroatoms. The highest BCUT2D eigenvalue weighted by molar-refractivity contribution is 6.67. The summed E-state index contributed by atoms with van der Waals surface area (Å²) in [5.74, 6) is -19.3. The first-order valence-electron chi connectivity index (χ1n) is 27.6. The van der Waals surface area contributed by atoms with Gasteiger partial charge in [-0.2, -0.15) is 0 Å². The van der Waals surface area contributed by atoms with Gasteiger partial charge in [0.25, 0.3) is 29.5 Å². The van der Waals surface area contributed by atoms with Crippen molar-refractivity contribution in [2.75, 3.05) is 6.61 Å². The summed E-state index contributed by atoms with van der Waals surface area (Å²) in [4.78, 5) is 183. The normalized spacial score (nSPS) is 15.8. The molecule has 86 heavy (non-hydrogen) atoms. The number of hydrogen-bond acceptors (Lipinski definition) is 21. The van der Waals surface area contributed by atoms with Crippen molar-refractivity contribution in [1.29, 1.82) is 0 Å². The zero-order valence-corrected chi connectivity index (χ0v) is 53.9. The van der Waals surface area contributed by atoms with Crippen molar-refractivity contribution in [2.45, 2.75) is 208 Å². The standard InChI is InChI=1S/C54H86Cl3N7O22/c1-21(2)34(48(74)81-28(15)41(66)59-32(19-33(65)80-20-54(55,56)57)47(73)86-40(27(13)14)46(71)72)60-42(67)29(16)82-49(75)35(22(3)4)61-43(68)30(17)83-50(76)36(23(5)6)63-45(70)39(26(11)12)85-52(78)37(24(7)8)62-44(69)31(18)84-51(77)38(25(9)10)64-53(58)79/h21-32,34-40H,19-20H2,1-18H3,(H,59,66)(H,60,67)(H,61,68)(H,62,69)(H,63,70)(H,71,72)(H3,58,64,79). The predicted molar refractivity (Wildman–Crippen MR) is 306 cm³/mol. The van der Waals surface area contributed by atoms with E-state index in [4.69, 9.17) is 73.7 Å². The fraction of sp³-hybridized carbons (Fsp3) is 0.741. The molecule has 0 radical (unpaired) electrons. The number of carbonyl (C=O) groups excluding carboxylic acids is 13. The molecule has 0 heterocycles. The maximum absolute atomic E-state index is 13.8. The Kier molecular flexibility index (Phi) is 33.6. The number of nitrogens with two attached hydrogens (primary N) is 1. The molecule has 0 saturated heterocycles. The lowest BCUT2D eigenvalue weighted by atomic mass is 10.0. The average Bonchev–Trinajstić information content (AvgIpc) is 3.53. The molecule has 29 nitrogen and oxygen atoms in total. The Balaban J connectivity index is 6.03. The van der Waals surface area contributed by atoms with Crippen LogP contribution in [0, 0.1) is 41.4 Å². The summed E-state index contributed by atoms with van der Waals surface area (Å²) in [7, 11) is 0. The number of esters is 7. The smallest absolute Gasteiger partial charge is 0.345 e. The van der Waals surface area contributed by atoms with E-state index in [0.29, 0.717) is 0 Å². The molecule has 12 atom stereocenters. The maximum Gasteiger partial charge on any atom is 0.345 e. The summed E-state index contributed by atoms with van der Waals surface area (Å²) >= 11 is 16.9. The van der Waals surface area contributed by atoms with Crippen molar-refractivity contribution in [3.05, 3.63) is 0 Å². The number of ether oxygens (including phenoxy) is 7. The second-order valence-corrected chi connectivity index (χ2v) is 25.1. The minimum atomic E-state index is -2.06. The summed E-state index contributed by atoms with van der Waals surface area (Å²) in [6.07, 6.45) is -10.7. The van der Waals surface area contributed by atoms with Gasteiger partial charge in [-0.1, -0.05) is 132 Å². The second-order valence-electron chi connectivity index (χ2n) is 22.6. The highest BCUT2D eigenvalue weighted by Crippen LogP contribution is 2.26. The molecule has 0 spiro atoms. The fourth-order valence-electron chi connectivity index (χ4n) is 7.13. The third-order valence-electron chi connectivity index (χ3n) is 12.3. The molecule has 0 aliphatic carbocycles. The van der Waals surface area contributed by atoms with Gasteiger partial charge in [-0.25, -0.2) is 38.4 Å². The predicted octanol–water partition coefficient (Wildman–Crippen LogP) is 1.98. The van der Waals surface area contributed by atoms with Gasteiger partial charge in [0.2, 0.25) is 9.90 Å². The van der Waals surface area contributed by atoms with Crippen molar-refractivity contribution < 1.29 is 105 Å². The van der Waals surface area contributed by atoms with Crippen LogP contribution in [0.15, 0.2) is 0 Å². The second kappa shape index (κ2) is 36.4. The van der Waals surface area contributed by atoms with Crippen molar-refractivity contribution in [3.63, 3.8) is 0 Å². The number of carboxylic acids is 1. The van der Waals surface area contributed by atoms with E-state index in [1.54, 1.807) is 55.4 Å². The van der Waals surface area contributed by atoms with Crippen LogP contribution in [0.2, 0.25) is 0 Å². The molecule has 0 aliphatic rings. The van der Waals surface area contributed by atoms with Crippen LogP contribution in [-0.4, -0.2) is 172 Å². The van der Waals surface area contributed by atoms with Gasteiger partial charge in [-0.3, -0.25) is 28.8 Å². The number of halogens is 3. The Morgan fingerprint density at radius 1 is 0.372 bits per heavy atom. The largest absolute Gasteiger partial charge is 0.478 e. The SMILES string of the molecule is CC(OC(=O)C(NC(N)=O)C(C)C)C(=O)NC(C(=O)OC(C(=O)NC(C(=O)OC(C)C(=O)NC(C(=O)OC(C)C(=O)NC(C(=O)OC(C)C(=O)NC(CC(=O)OCC(Cl)(Cl)Cl)C(=O)OC(C(=O)O)C(C)C)C(C)C)C(C)C)C(C)C)C(C)C)C(C)C. The van der Waals surface area contributed by atoms with Crippen LogP contribution in [0.5, 0.6) is 0 Å². The third kappa shape index (κ3) is 27.7. The molecule has 0 rings (SSSR count). The van der Waals surface area contributed by atoms with Crippen LogP contribution in [0.3, 0.4) is 0 Å². The summed E-state index contributed by atoms with van der Waals surface area (Å²) < 4.78 is 34.7. The number of urea groups is 1. The van der Waals surface area contributed by atoms with Gasteiger partial charge >= 0.3 is 53.8 Å². The number of amides is 7. The molecule has 0 bridgehead atoms. The minimum Gasteiger partial charge on any atom is -0.478 e. The van der Waals surface area contributed by atoms with Gasteiger partial charge in [0.05, 0.1) is 6.42 Å². The van der Waals surface area contributed by atoms with E-state index in [2.05, 4.69) is 31.9 Å². The molecule has 9 N–H and O–H groups in total. The van der Waals surface area contributed by atoms with Crippen LogP contribution in [-0.2, 0) is 95.5 Å². The van der Waals surface area contributed by atoms with E-state index in [1.807, 2.05) is 0 Å². The molecule has 12 unspecified atom stereocenters. The van der Waals surface area contributed by atoms with Crippen molar-refractivity contribution in [1.82, 2.24) is 31.9 Å². The zero-order chi connectivity index (χ0) is 67.2. The molecule has 7 amide bonds. The minimum absolute atomic E-state index is 0.465. The maximum atomic E-state index is 13.8. The van der Waals surface area contributed by atoms with E-state index in [0.717, 1.165) is 13.8 Å². The quantitative estimate of drug-likeness (QED) is 0.0259. The van der Waals surface area contributed by atoms with E-state index >= 15 is 0 Å². The molecule has 0 aromatic rings. The Hall–Kier alpha value is -6.75. The lowest BCUT2D eigenvalue weighted by Crippen LogP contribution is -2.55. The van der Waals surface area contributed by atoms with Crippen molar-refractivity contribution >= 4 is 118 Å². The topological polar surface area (TPSA) is 422 Å². The number of rotatable bonds is 34. The van der Waals surface area contributed by atoms with Gasteiger partial charge in [0.1, 0.15) is 42.9 Å². The summed E-state index contributed by atoms with van der Waals surface area (Å²) in [6, 6.07) is -9.87. The Labute approximate surface area is 514 Å². The molecule has 0 aliphatic heterocycles. The van der Waals surface area contributed by atoms with Crippen LogP contribution < -0.4 is 37.6 Å². The van der Waals surface area contributed by atoms with Gasteiger partial charge in [0, 0.05) is 5.92 Å². The number of carboxylic acid groups (broad SMARTS) is 1. The van der Waals surface area contributed by atoms with Crippen molar-refractivity contribution in [2.24, 2.45) is 47.2 Å². The van der Waals surface area contributed by atoms with Gasteiger partial charge < -0.3 is 75.9 Å². The van der Waals surface area contributed by atoms with Crippen LogP contribution >= 0.6 is 34.8 Å². The van der Waals surface area contributed by atoms with Gasteiger partial charge in [0.15, 0.2) is 30.5 Å². The Bertz CT molecular complexity index is 2420. The molecule has 0 aromatic heterocycles. The molecular weight excluding hydrogens is 1200 g/mol.